The fourth-order valence-corrected chi connectivity index (χ4v) is 12.7. The highest BCUT2D eigenvalue weighted by atomic mass is 31.2. The van der Waals surface area contributed by atoms with Gasteiger partial charge in [0.15, 0.2) is 24.8 Å². The molecule has 2 aliphatic heterocycles. The molecule has 0 aliphatic carbocycles. The molecule has 2 rings (SSSR count). The average molecular weight is 1320 g/mol. The fraction of sp³-hybridized carbons (Fsp3) is 0.914. The van der Waals surface area contributed by atoms with E-state index in [0.29, 0.717) is 32.1 Å². The summed E-state index contributed by atoms with van der Waals surface area (Å²) in [6, 6.07) is -2.79. The van der Waals surface area contributed by atoms with Crippen LogP contribution >= 0.6 is 7.82 Å². The van der Waals surface area contributed by atoms with Gasteiger partial charge in [-0.3, -0.25) is 33.3 Å². The molecular formula is C70H129N2O18P. The molecule has 532 valence electrons. The summed E-state index contributed by atoms with van der Waals surface area (Å²) < 4.78 is 54.7. The second kappa shape index (κ2) is 54.2. The van der Waals surface area contributed by atoms with Crippen LogP contribution in [0.1, 0.15) is 330 Å². The van der Waals surface area contributed by atoms with E-state index in [0.717, 1.165) is 109 Å². The zero-order valence-electron chi connectivity index (χ0n) is 57.4. The SMILES string of the molecule is CCCCCCCCCCCCCC(=O)N[C@H]1[C@H](OC[C@H]2O[C@H](OCC)[C@H](NC(=O)CCCCCCCCCCCCC)[C@@H](OC(=O)CCC(=O)CCCCCCCCCC)[C@@H]2O)O[C@H](CO)[C@@H](OP(=O)(O)O)[C@@H]1OC(=O)CCC(=O)CCCCCCCCCC. The van der Waals surface area contributed by atoms with Gasteiger partial charge in [-0.15, -0.1) is 0 Å². The van der Waals surface area contributed by atoms with Gasteiger partial charge in [-0.1, -0.05) is 246 Å². The van der Waals surface area contributed by atoms with Crippen LogP contribution in [0.15, 0.2) is 0 Å². The number of nitrogens with one attached hydrogen (secondary N) is 2. The van der Waals surface area contributed by atoms with Crippen molar-refractivity contribution in [3.8, 4) is 0 Å². The van der Waals surface area contributed by atoms with Crippen LogP contribution in [0.5, 0.6) is 0 Å². The summed E-state index contributed by atoms with van der Waals surface area (Å²) in [5.41, 5.74) is 0. The number of phosphoric acid groups is 1. The summed E-state index contributed by atoms with van der Waals surface area (Å²) in [5, 5.41) is 28.7. The van der Waals surface area contributed by atoms with Gasteiger partial charge in [-0.25, -0.2) is 4.57 Å². The smallest absolute Gasteiger partial charge is 0.457 e. The molecule has 6 N–H and O–H groups in total. The molecule has 0 aromatic heterocycles. The van der Waals surface area contributed by atoms with Crippen molar-refractivity contribution in [1.29, 1.82) is 0 Å². The van der Waals surface area contributed by atoms with Crippen LogP contribution in [0.3, 0.4) is 0 Å². The van der Waals surface area contributed by atoms with Crippen molar-refractivity contribution < 1.29 is 86.3 Å². The number of unbranched alkanes of at least 4 members (excludes halogenated alkanes) is 34. The van der Waals surface area contributed by atoms with Crippen molar-refractivity contribution in [2.24, 2.45) is 0 Å². The molecule has 0 aromatic rings. The minimum atomic E-state index is -5.43. The minimum absolute atomic E-state index is 0.00623. The van der Waals surface area contributed by atoms with Gasteiger partial charge in [0, 0.05) is 45.1 Å². The summed E-state index contributed by atoms with van der Waals surface area (Å²) in [7, 11) is -5.43. The fourth-order valence-electron chi connectivity index (χ4n) is 12.1. The highest BCUT2D eigenvalue weighted by molar-refractivity contribution is 7.46. The third kappa shape index (κ3) is 40.9. The number of Topliss-reactive ketones (excluding diaryl/α,β-unsaturated/α-hetero) is 2. The number of aliphatic hydroxyl groups is 2. The lowest BCUT2D eigenvalue weighted by atomic mass is 9.95. The first-order chi connectivity index (χ1) is 44.0. The van der Waals surface area contributed by atoms with Crippen LogP contribution in [-0.2, 0) is 66.3 Å². The first-order valence-electron chi connectivity index (χ1n) is 36.6. The topological polar surface area (TPSA) is 289 Å². The molecular weight excluding hydrogens is 1190 g/mol. The van der Waals surface area contributed by atoms with Crippen molar-refractivity contribution in [1.82, 2.24) is 10.6 Å². The average Bonchev–Trinajstić information content (AvgIpc) is 1.22. The van der Waals surface area contributed by atoms with Crippen LogP contribution in [0.2, 0.25) is 0 Å². The molecule has 91 heavy (non-hydrogen) atoms. The predicted molar refractivity (Wildman–Crippen MR) is 354 cm³/mol. The number of carbonyl (C=O) groups excluding carboxylic acids is 6. The Kier molecular flexibility index (Phi) is 50.2. The minimum Gasteiger partial charge on any atom is -0.457 e. The number of phosphoric ester groups is 1. The lowest BCUT2D eigenvalue weighted by molar-refractivity contribution is -0.304. The number of amides is 2. The van der Waals surface area contributed by atoms with Crippen LogP contribution in [0.25, 0.3) is 0 Å². The Morgan fingerprint density at radius 2 is 0.714 bits per heavy atom. The lowest BCUT2D eigenvalue weighted by Crippen LogP contribution is -2.68. The number of hydrogen-bond donors (Lipinski definition) is 6. The predicted octanol–water partition coefficient (Wildman–Crippen LogP) is 14.3. The molecule has 0 unspecified atom stereocenters. The van der Waals surface area contributed by atoms with E-state index in [1.807, 2.05) is 0 Å². The molecule has 0 radical (unpaired) electrons. The first kappa shape index (κ1) is 84.2. The van der Waals surface area contributed by atoms with E-state index in [4.69, 9.17) is 32.9 Å². The molecule has 2 amide bonds. The Morgan fingerprint density at radius 3 is 1.07 bits per heavy atom. The normalized spacial score (nSPS) is 21.8. The highest BCUT2D eigenvalue weighted by Gasteiger charge is 2.54. The van der Waals surface area contributed by atoms with Crippen molar-refractivity contribution in [3.05, 3.63) is 0 Å². The van der Waals surface area contributed by atoms with Crippen molar-refractivity contribution in [2.45, 2.75) is 391 Å². The Balaban J connectivity index is 2.42. The van der Waals surface area contributed by atoms with Crippen LogP contribution in [0, 0.1) is 0 Å². The van der Waals surface area contributed by atoms with E-state index >= 15 is 0 Å². The number of hydrogen-bond acceptors (Lipinski definition) is 16. The van der Waals surface area contributed by atoms with Crippen molar-refractivity contribution >= 4 is 43.1 Å². The zero-order valence-corrected chi connectivity index (χ0v) is 58.3. The molecule has 2 saturated heterocycles. The number of carbonyl (C=O) groups is 6. The second-order valence-electron chi connectivity index (χ2n) is 25.8. The standard InChI is InChI=1S/C70H129N2O18P/c1-6-11-15-19-23-27-29-31-35-39-43-47-59(76)71-63-67(88-61(78)51-49-55(74)45-41-37-33-25-21-17-13-8-3)65(80)58(87-69(63)84-10-5)54-85-70-64(72-60(77)48-44-40-36-32-30-28-24-20-16-12-7-2)68(66(57(53-73)86-70)90-91(81,82)83)89-62(79)52-50-56(75)46-42-38-34-26-22-18-14-9-4/h57-58,63-70,73,80H,6-54H2,1-5H3,(H,71,76)(H,72,77)(H2,81,82,83)/t57-,58-,63-,64-,65-,66-,67-,68-,69+,70-/m1/s1. The van der Waals surface area contributed by atoms with E-state index in [1.165, 1.54) is 109 Å². The number of aliphatic hydroxyl groups excluding tert-OH is 2. The Bertz CT molecular complexity index is 1940. The maximum atomic E-state index is 14.0. The molecule has 2 fully saturated rings. The number of ether oxygens (including phenoxy) is 6. The molecule has 10 atom stereocenters. The van der Waals surface area contributed by atoms with Crippen molar-refractivity contribution in [2.75, 3.05) is 19.8 Å². The van der Waals surface area contributed by atoms with Gasteiger partial charge in [0.05, 0.1) is 26.1 Å². The van der Waals surface area contributed by atoms with Gasteiger partial charge in [0.2, 0.25) is 11.8 Å². The molecule has 0 saturated carbocycles. The van der Waals surface area contributed by atoms with E-state index in [2.05, 4.69) is 38.3 Å². The first-order valence-corrected chi connectivity index (χ1v) is 38.1. The molecule has 0 spiro atoms. The third-order valence-electron chi connectivity index (χ3n) is 17.6. The van der Waals surface area contributed by atoms with E-state index in [9.17, 15) is 53.3 Å². The molecule has 2 heterocycles. The summed E-state index contributed by atoms with van der Waals surface area (Å²) in [5.74, 6) is -2.93. The Labute approximate surface area is 548 Å². The Morgan fingerprint density at radius 1 is 0.396 bits per heavy atom. The van der Waals surface area contributed by atoms with E-state index in [-0.39, 0.29) is 62.6 Å². The Hall–Kier alpha value is -2.91. The van der Waals surface area contributed by atoms with E-state index < -0.39 is 107 Å². The number of rotatable bonds is 60. The largest absolute Gasteiger partial charge is 0.470 e. The highest BCUT2D eigenvalue weighted by Crippen LogP contribution is 2.42. The molecule has 0 aromatic carbocycles. The maximum absolute atomic E-state index is 14.0. The monoisotopic (exact) mass is 1320 g/mol. The molecule has 21 heteroatoms. The number of esters is 2. The quantitative estimate of drug-likeness (QED) is 0.0187. The summed E-state index contributed by atoms with van der Waals surface area (Å²) in [6.45, 7) is 8.95. The summed E-state index contributed by atoms with van der Waals surface area (Å²) in [4.78, 5) is 102. The summed E-state index contributed by atoms with van der Waals surface area (Å²) >= 11 is 0. The molecule has 2 aliphatic rings. The van der Waals surface area contributed by atoms with E-state index in [1.54, 1.807) is 6.92 Å². The van der Waals surface area contributed by atoms with Crippen LogP contribution < -0.4 is 10.6 Å². The molecule has 20 nitrogen and oxygen atoms in total. The summed E-state index contributed by atoms with van der Waals surface area (Å²) in [6.07, 6.45) is 27.1. The van der Waals surface area contributed by atoms with Crippen molar-refractivity contribution in [3.63, 3.8) is 0 Å². The van der Waals surface area contributed by atoms with Gasteiger partial charge in [-0.05, 0) is 32.6 Å². The molecule has 0 bridgehead atoms. The third-order valence-corrected chi connectivity index (χ3v) is 18.1. The van der Waals surface area contributed by atoms with Gasteiger partial charge < -0.3 is 59.1 Å². The van der Waals surface area contributed by atoms with Gasteiger partial charge in [-0.2, -0.15) is 0 Å². The van der Waals surface area contributed by atoms with Gasteiger partial charge >= 0.3 is 19.8 Å². The number of ketones is 2. The van der Waals surface area contributed by atoms with Crippen LogP contribution in [0.4, 0.5) is 0 Å². The lowest BCUT2D eigenvalue weighted by Gasteiger charge is -2.47. The van der Waals surface area contributed by atoms with Gasteiger partial charge in [0.1, 0.15) is 48.1 Å². The van der Waals surface area contributed by atoms with Crippen LogP contribution in [-0.4, -0.2) is 136 Å². The van der Waals surface area contributed by atoms with Gasteiger partial charge in [0.25, 0.3) is 0 Å². The zero-order chi connectivity index (χ0) is 66.7. The second-order valence-corrected chi connectivity index (χ2v) is 27.0. The maximum Gasteiger partial charge on any atom is 0.470 e.